The number of halogens is 1. The van der Waals surface area contributed by atoms with Crippen LogP contribution in [0.4, 0.5) is 5.69 Å². The van der Waals surface area contributed by atoms with Crippen molar-refractivity contribution in [2.45, 2.75) is 13.5 Å². The molecule has 6 nitrogen and oxygen atoms in total. The molecule has 0 aliphatic heterocycles. The fourth-order valence-corrected chi connectivity index (χ4v) is 4.66. The van der Waals surface area contributed by atoms with Gasteiger partial charge in [-0.2, -0.15) is 5.26 Å². The molecule has 1 N–H and O–H groups in total. The molecule has 0 saturated carbocycles. The Morgan fingerprint density at radius 1 is 1.03 bits per heavy atom. The van der Waals surface area contributed by atoms with Gasteiger partial charge in [0.1, 0.15) is 24.0 Å². The second kappa shape index (κ2) is 12.3. The summed E-state index contributed by atoms with van der Waals surface area (Å²) in [5.74, 6) is 1.24. The maximum absolute atomic E-state index is 12.8. The Hall–Kier alpha value is -4.03. The number of fused-ring (bicyclic) bond motifs is 1. The summed E-state index contributed by atoms with van der Waals surface area (Å²) < 4.78 is 18.1. The molecule has 0 aromatic heterocycles. The molecule has 0 aliphatic carbocycles. The number of carbonyl (C=O) groups excluding carboxylic acids is 1. The van der Waals surface area contributed by atoms with Gasteiger partial charge in [0.15, 0.2) is 11.5 Å². The maximum Gasteiger partial charge on any atom is 0.266 e. The van der Waals surface area contributed by atoms with Crippen molar-refractivity contribution in [1.29, 1.82) is 5.26 Å². The monoisotopic (exact) mass is 604 g/mol. The Balaban J connectivity index is 1.55. The van der Waals surface area contributed by atoms with E-state index in [-0.39, 0.29) is 5.57 Å². The van der Waals surface area contributed by atoms with Crippen LogP contribution in [-0.4, -0.2) is 19.6 Å². The van der Waals surface area contributed by atoms with Crippen LogP contribution in [0.1, 0.15) is 18.1 Å². The minimum Gasteiger partial charge on any atom is -0.494 e. The molecule has 1 amide bonds. The van der Waals surface area contributed by atoms with E-state index in [1.54, 1.807) is 37.4 Å². The molecular formula is C30H25IN2O4. The lowest BCUT2D eigenvalue weighted by molar-refractivity contribution is -0.112. The van der Waals surface area contributed by atoms with Crippen molar-refractivity contribution < 1.29 is 19.0 Å². The SMILES string of the molecule is CCOc1cccc(NC(=O)/C(C#N)=C/c2cc(I)c(OCc3cccc4ccccc34)c(OC)c2)c1. The molecule has 0 spiro atoms. The number of nitrogens with zero attached hydrogens (tertiary/aromatic N) is 1. The predicted octanol–water partition coefficient (Wildman–Crippen LogP) is 6.98. The fraction of sp³-hybridized carbons (Fsp3) is 0.133. The van der Waals surface area contributed by atoms with Gasteiger partial charge in [-0.3, -0.25) is 4.79 Å². The van der Waals surface area contributed by atoms with Gasteiger partial charge in [0, 0.05) is 11.8 Å². The molecule has 0 aliphatic rings. The van der Waals surface area contributed by atoms with Crippen molar-refractivity contribution in [1.82, 2.24) is 0 Å². The molecule has 0 bridgehead atoms. The predicted molar refractivity (Wildman–Crippen MR) is 154 cm³/mol. The lowest BCUT2D eigenvalue weighted by Crippen LogP contribution is -2.13. The van der Waals surface area contributed by atoms with Crippen molar-refractivity contribution in [3.63, 3.8) is 0 Å². The third-order valence-corrected chi connectivity index (χ3v) is 6.38. The van der Waals surface area contributed by atoms with Gasteiger partial charge in [-0.15, -0.1) is 0 Å². The number of benzene rings is 4. The molecule has 0 atom stereocenters. The summed E-state index contributed by atoms with van der Waals surface area (Å²) in [6.07, 6.45) is 1.53. The van der Waals surface area contributed by atoms with E-state index in [9.17, 15) is 10.1 Å². The van der Waals surface area contributed by atoms with Crippen molar-refractivity contribution in [2.24, 2.45) is 0 Å². The number of rotatable bonds is 9. The highest BCUT2D eigenvalue weighted by Gasteiger charge is 2.15. The normalized spacial score (nSPS) is 11.0. The Morgan fingerprint density at radius 3 is 2.59 bits per heavy atom. The van der Waals surface area contributed by atoms with Crippen LogP contribution in [-0.2, 0) is 11.4 Å². The van der Waals surface area contributed by atoms with E-state index in [0.29, 0.717) is 41.7 Å². The van der Waals surface area contributed by atoms with Crippen LogP contribution >= 0.6 is 22.6 Å². The molecule has 0 heterocycles. The number of hydrogen-bond donors (Lipinski definition) is 1. The maximum atomic E-state index is 12.8. The Bertz CT molecular complexity index is 1500. The minimum atomic E-state index is -0.513. The molecular weight excluding hydrogens is 579 g/mol. The number of ether oxygens (including phenoxy) is 3. The summed E-state index contributed by atoms with van der Waals surface area (Å²) in [4.78, 5) is 12.8. The van der Waals surface area contributed by atoms with Crippen molar-refractivity contribution in [3.8, 4) is 23.3 Å². The zero-order valence-corrected chi connectivity index (χ0v) is 22.6. The first kappa shape index (κ1) is 26.0. The largest absolute Gasteiger partial charge is 0.494 e. The number of nitrogens with one attached hydrogen (secondary N) is 1. The molecule has 0 saturated heterocycles. The van der Waals surface area contributed by atoms with Crippen LogP contribution in [0.3, 0.4) is 0 Å². The third kappa shape index (κ3) is 6.40. The molecule has 37 heavy (non-hydrogen) atoms. The summed E-state index contributed by atoms with van der Waals surface area (Å²) >= 11 is 2.17. The van der Waals surface area contributed by atoms with E-state index >= 15 is 0 Å². The standard InChI is InChI=1S/C30H25IN2O4/c1-3-36-25-12-7-11-24(17-25)33-30(34)23(18-32)14-20-15-27(31)29(28(16-20)35-2)37-19-22-10-6-9-21-8-4-5-13-26(21)22/h4-17H,3,19H2,1-2H3,(H,33,34)/b23-14+. The van der Waals surface area contributed by atoms with E-state index in [1.165, 1.54) is 6.08 Å². The number of carbonyl (C=O) groups is 1. The lowest BCUT2D eigenvalue weighted by atomic mass is 10.1. The Labute approximate surface area is 229 Å². The second-order valence-corrected chi connectivity index (χ2v) is 9.21. The van der Waals surface area contributed by atoms with E-state index < -0.39 is 5.91 Å². The van der Waals surface area contributed by atoms with Crippen LogP contribution in [0.15, 0.2) is 84.4 Å². The van der Waals surface area contributed by atoms with Crippen molar-refractivity contribution >= 4 is 51.0 Å². The average Bonchev–Trinajstić information content (AvgIpc) is 2.91. The molecule has 0 radical (unpaired) electrons. The van der Waals surface area contributed by atoms with Crippen LogP contribution in [0.5, 0.6) is 17.2 Å². The van der Waals surface area contributed by atoms with Gasteiger partial charge in [-0.1, -0.05) is 48.5 Å². The van der Waals surface area contributed by atoms with Gasteiger partial charge in [0.25, 0.3) is 5.91 Å². The minimum absolute atomic E-state index is 0.0379. The zero-order chi connectivity index (χ0) is 26.2. The Kier molecular flexibility index (Phi) is 8.64. The molecule has 4 aromatic rings. The van der Waals surface area contributed by atoms with Gasteiger partial charge in [0.05, 0.1) is 17.3 Å². The highest BCUT2D eigenvalue weighted by atomic mass is 127. The smallest absolute Gasteiger partial charge is 0.266 e. The average molecular weight is 604 g/mol. The lowest BCUT2D eigenvalue weighted by Gasteiger charge is -2.15. The summed E-state index contributed by atoms with van der Waals surface area (Å²) in [5, 5.41) is 14.7. The van der Waals surface area contributed by atoms with E-state index in [0.717, 1.165) is 19.9 Å². The first-order valence-corrected chi connectivity index (χ1v) is 12.7. The third-order valence-electron chi connectivity index (χ3n) is 5.58. The highest BCUT2D eigenvalue weighted by Crippen LogP contribution is 2.35. The van der Waals surface area contributed by atoms with Crippen LogP contribution in [0.2, 0.25) is 0 Å². The summed E-state index contributed by atoms with van der Waals surface area (Å²) in [6, 6.07) is 26.9. The van der Waals surface area contributed by atoms with Crippen molar-refractivity contribution in [2.75, 3.05) is 19.0 Å². The van der Waals surface area contributed by atoms with E-state index in [2.05, 4.69) is 46.1 Å². The van der Waals surface area contributed by atoms with Gasteiger partial charge in [-0.05, 0) is 81.8 Å². The van der Waals surface area contributed by atoms with Crippen LogP contribution in [0, 0.1) is 14.9 Å². The molecule has 4 aromatic carbocycles. The second-order valence-electron chi connectivity index (χ2n) is 8.05. The topological polar surface area (TPSA) is 80.6 Å². The quantitative estimate of drug-likeness (QED) is 0.127. The Morgan fingerprint density at radius 2 is 1.81 bits per heavy atom. The number of amides is 1. The number of hydrogen-bond acceptors (Lipinski definition) is 5. The number of nitriles is 1. The number of methoxy groups -OCH3 is 1. The molecule has 0 fully saturated rings. The molecule has 7 heteroatoms. The number of anilines is 1. The van der Waals surface area contributed by atoms with Crippen LogP contribution in [0.25, 0.3) is 16.8 Å². The van der Waals surface area contributed by atoms with Crippen molar-refractivity contribution in [3.05, 3.63) is 99.1 Å². The molecule has 186 valence electrons. The van der Waals surface area contributed by atoms with Crippen LogP contribution < -0.4 is 19.5 Å². The van der Waals surface area contributed by atoms with Gasteiger partial charge < -0.3 is 19.5 Å². The first-order chi connectivity index (χ1) is 18.0. The summed E-state index contributed by atoms with van der Waals surface area (Å²) in [6.45, 7) is 2.77. The molecule has 4 rings (SSSR count). The zero-order valence-electron chi connectivity index (χ0n) is 20.5. The van der Waals surface area contributed by atoms with Gasteiger partial charge >= 0.3 is 0 Å². The van der Waals surface area contributed by atoms with E-state index in [1.807, 2.05) is 43.3 Å². The van der Waals surface area contributed by atoms with Gasteiger partial charge in [0.2, 0.25) is 0 Å². The fourth-order valence-electron chi connectivity index (χ4n) is 3.88. The summed E-state index contributed by atoms with van der Waals surface area (Å²) in [7, 11) is 1.56. The van der Waals surface area contributed by atoms with Gasteiger partial charge in [-0.25, -0.2) is 0 Å². The van der Waals surface area contributed by atoms with E-state index in [4.69, 9.17) is 14.2 Å². The first-order valence-electron chi connectivity index (χ1n) is 11.7. The highest BCUT2D eigenvalue weighted by molar-refractivity contribution is 14.1. The molecule has 0 unspecified atom stereocenters. The summed E-state index contributed by atoms with van der Waals surface area (Å²) in [5.41, 5.74) is 2.22.